The Bertz CT molecular complexity index is 1410. The number of carbonyl (C=O) groups excluding carboxylic acids is 1. The molecule has 1 aliphatic rings. The predicted octanol–water partition coefficient (Wildman–Crippen LogP) is 3.79. The normalized spacial score (nSPS) is 15.9. The van der Waals surface area contributed by atoms with E-state index in [1.54, 1.807) is 9.30 Å². The lowest BCUT2D eigenvalue weighted by molar-refractivity contribution is -0.0241. The number of nitrogens with zero attached hydrogens (tertiary/aromatic N) is 5. The molecule has 1 fully saturated rings. The zero-order valence-corrected chi connectivity index (χ0v) is 20.1. The highest BCUT2D eigenvalue weighted by Crippen LogP contribution is 2.33. The van der Waals surface area contributed by atoms with Crippen molar-refractivity contribution in [2.45, 2.75) is 19.4 Å². The van der Waals surface area contributed by atoms with Crippen LogP contribution in [-0.4, -0.2) is 70.2 Å². The maximum atomic E-state index is 15.5. The number of aromatic nitrogens is 4. The Morgan fingerprint density at radius 3 is 2.69 bits per heavy atom. The first-order valence-corrected chi connectivity index (χ1v) is 11.4. The Kier molecular flexibility index (Phi) is 6.31. The van der Waals surface area contributed by atoms with Crippen molar-refractivity contribution in [3.8, 4) is 22.7 Å². The minimum Gasteiger partial charge on any atom is -0.493 e. The monoisotopic (exact) mass is 497 g/mol. The van der Waals surface area contributed by atoms with Gasteiger partial charge >= 0.3 is 6.09 Å². The fourth-order valence-corrected chi connectivity index (χ4v) is 4.42. The molecule has 11 heteroatoms. The van der Waals surface area contributed by atoms with Crippen molar-refractivity contribution < 1.29 is 27.8 Å². The van der Waals surface area contributed by atoms with Crippen molar-refractivity contribution in [3.05, 3.63) is 65.7 Å². The minimum absolute atomic E-state index is 0.180. The molecule has 0 N–H and O–H groups in total. The highest BCUT2D eigenvalue weighted by Gasteiger charge is 2.29. The van der Waals surface area contributed by atoms with Gasteiger partial charge in [0.15, 0.2) is 5.75 Å². The van der Waals surface area contributed by atoms with Crippen molar-refractivity contribution in [3.63, 3.8) is 0 Å². The molecule has 4 aromatic rings. The van der Waals surface area contributed by atoms with Gasteiger partial charge in [0.1, 0.15) is 17.3 Å². The average Bonchev–Trinajstić information content (AvgIpc) is 3.48. The van der Waals surface area contributed by atoms with Gasteiger partial charge in [-0.15, -0.1) is 0 Å². The van der Waals surface area contributed by atoms with E-state index in [0.717, 1.165) is 5.56 Å². The van der Waals surface area contributed by atoms with Gasteiger partial charge in [0, 0.05) is 31.3 Å². The second kappa shape index (κ2) is 9.57. The Hall–Kier alpha value is -3.99. The zero-order chi connectivity index (χ0) is 25.4. The molecule has 36 heavy (non-hydrogen) atoms. The summed E-state index contributed by atoms with van der Waals surface area (Å²) in [5.41, 5.74) is 2.24. The number of methoxy groups -OCH3 is 2. The number of aryl methyl sites for hydroxylation is 1. The van der Waals surface area contributed by atoms with Crippen LogP contribution in [0.1, 0.15) is 11.3 Å². The fraction of sp³-hybridized carbons (Fsp3) is 0.320. The average molecular weight is 498 g/mol. The summed E-state index contributed by atoms with van der Waals surface area (Å²) in [5.74, 6) is -1.09. The predicted molar refractivity (Wildman–Crippen MR) is 126 cm³/mol. The zero-order valence-electron chi connectivity index (χ0n) is 20.1. The molecule has 1 amide bonds. The molecule has 0 saturated carbocycles. The first kappa shape index (κ1) is 23.7. The van der Waals surface area contributed by atoms with Gasteiger partial charge in [-0.3, -0.25) is 0 Å². The molecule has 5 rings (SSSR count). The highest BCUT2D eigenvalue weighted by molar-refractivity contribution is 5.70. The van der Waals surface area contributed by atoms with E-state index in [1.807, 2.05) is 25.3 Å². The van der Waals surface area contributed by atoms with Crippen LogP contribution < -0.4 is 4.74 Å². The molecule has 0 unspecified atom stereocenters. The lowest BCUT2D eigenvalue weighted by atomic mass is 10.0. The second-order valence-electron chi connectivity index (χ2n) is 8.56. The van der Waals surface area contributed by atoms with Crippen LogP contribution in [0.15, 0.2) is 42.9 Å². The van der Waals surface area contributed by atoms with E-state index in [4.69, 9.17) is 14.2 Å². The summed E-state index contributed by atoms with van der Waals surface area (Å²) in [7, 11) is 2.81. The maximum absolute atomic E-state index is 15.5. The summed E-state index contributed by atoms with van der Waals surface area (Å²) < 4.78 is 49.9. The molecule has 0 radical (unpaired) electrons. The van der Waals surface area contributed by atoms with Crippen LogP contribution in [0.5, 0.6) is 5.75 Å². The molecule has 1 aliphatic heterocycles. The molecular weight excluding hydrogens is 472 g/mol. The van der Waals surface area contributed by atoms with E-state index in [0.29, 0.717) is 30.2 Å². The van der Waals surface area contributed by atoms with Crippen molar-refractivity contribution in [2.75, 3.05) is 33.9 Å². The van der Waals surface area contributed by atoms with E-state index >= 15 is 8.78 Å². The fourth-order valence-electron chi connectivity index (χ4n) is 4.42. The third-order valence-corrected chi connectivity index (χ3v) is 6.20. The molecule has 3 aromatic heterocycles. The maximum Gasteiger partial charge on any atom is 0.409 e. The van der Waals surface area contributed by atoms with Gasteiger partial charge in [-0.05, 0) is 24.6 Å². The minimum atomic E-state index is -0.776. The molecule has 1 atom stereocenters. The van der Waals surface area contributed by atoms with Crippen LogP contribution in [0.4, 0.5) is 13.6 Å². The number of amides is 1. The van der Waals surface area contributed by atoms with Gasteiger partial charge in [-0.1, -0.05) is 0 Å². The number of benzene rings is 1. The van der Waals surface area contributed by atoms with E-state index in [-0.39, 0.29) is 29.9 Å². The van der Waals surface area contributed by atoms with Gasteiger partial charge in [0.2, 0.25) is 0 Å². The van der Waals surface area contributed by atoms with Crippen LogP contribution in [0, 0.1) is 18.6 Å². The standard InChI is InChI=1S/C25H25F2N5O4/c1-15-4-5-31-21(11-17-13-30(6-7-36-17)25(33)35-3)24(29-22(31)8-15)23-19(26)9-16(10-20(23)27)32-14-18(34-2)12-28-32/h4-5,8-10,12,14,17H,6-7,11,13H2,1-3H3/t17-/m0/s1. The van der Waals surface area contributed by atoms with Crippen molar-refractivity contribution >= 4 is 11.7 Å². The van der Waals surface area contributed by atoms with Gasteiger partial charge in [0.25, 0.3) is 0 Å². The Labute approximate surface area is 205 Å². The molecule has 0 aliphatic carbocycles. The van der Waals surface area contributed by atoms with Crippen LogP contribution in [0.25, 0.3) is 22.6 Å². The van der Waals surface area contributed by atoms with Gasteiger partial charge in [-0.2, -0.15) is 5.10 Å². The summed E-state index contributed by atoms with van der Waals surface area (Å²) in [6, 6.07) is 6.15. The molecule has 0 bridgehead atoms. The number of morpholine rings is 1. The number of ether oxygens (including phenoxy) is 3. The quantitative estimate of drug-likeness (QED) is 0.417. The third kappa shape index (κ3) is 4.37. The number of hydrogen-bond acceptors (Lipinski definition) is 6. The molecular formula is C25H25F2N5O4. The largest absolute Gasteiger partial charge is 0.493 e. The molecule has 0 spiro atoms. The lowest BCUT2D eigenvalue weighted by Crippen LogP contribution is -2.46. The van der Waals surface area contributed by atoms with E-state index in [1.165, 1.54) is 43.4 Å². The Morgan fingerprint density at radius 2 is 2.00 bits per heavy atom. The highest BCUT2D eigenvalue weighted by atomic mass is 19.1. The number of carbonyl (C=O) groups is 1. The van der Waals surface area contributed by atoms with Crippen LogP contribution in [-0.2, 0) is 15.9 Å². The lowest BCUT2D eigenvalue weighted by Gasteiger charge is -2.32. The number of rotatable bonds is 5. The van der Waals surface area contributed by atoms with Crippen LogP contribution in [0.2, 0.25) is 0 Å². The summed E-state index contributed by atoms with van der Waals surface area (Å²) >= 11 is 0. The summed E-state index contributed by atoms with van der Waals surface area (Å²) in [6.07, 6.45) is 4.23. The summed E-state index contributed by atoms with van der Waals surface area (Å²) in [6.45, 7) is 2.94. The SMILES string of the molecule is COC(=O)N1CCO[C@@H](Cc2c(-c3c(F)cc(-n4cc(OC)cn4)cc3F)nc3cc(C)ccn23)C1. The van der Waals surface area contributed by atoms with Gasteiger partial charge in [-0.25, -0.2) is 23.2 Å². The van der Waals surface area contributed by atoms with E-state index < -0.39 is 23.8 Å². The molecule has 1 aromatic carbocycles. The second-order valence-corrected chi connectivity index (χ2v) is 8.56. The topological polar surface area (TPSA) is 83.1 Å². The number of halogens is 2. The Morgan fingerprint density at radius 1 is 1.22 bits per heavy atom. The number of pyridine rings is 1. The first-order valence-electron chi connectivity index (χ1n) is 11.4. The first-order chi connectivity index (χ1) is 17.4. The van der Waals surface area contributed by atoms with E-state index in [2.05, 4.69) is 10.1 Å². The van der Waals surface area contributed by atoms with Crippen LogP contribution >= 0.6 is 0 Å². The molecule has 1 saturated heterocycles. The van der Waals surface area contributed by atoms with Crippen LogP contribution in [0.3, 0.4) is 0 Å². The van der Waals surface area contributed by atoms with Crippen molar-refractivity contribution in [1.82, 2.24) is 24.1 Å². The van der Waals surface area contributed by atoms with Gasteiger partial charge in [0.05, 0.1) is 68.5 Å². The van der Waals surface area contributed by atoms with Gasteiger partial charge < -0.3 is 23.5 Å². The molecule has 4 heterocycles. The molecule has 188 valence electrons. The Balaban J connectivity index is 1.57. The van der Waals surface area contributed by atoms with Crippen molar-refractivity contribution in [2.24, 2.45) is 0 Å². The number of fused-ring (bicyclic) bond motifs is 1. The number of hydrogen-bond donors (Lipinski definition) is 0. The summed E-state index contributed by atoms with van der Waals surface area (Å²) in [5, 5.41) is 4.09. The smallest absolute Gasteiger partial charge is 0.409 e. The number of imidazole rings is 1. The third-order valence-electron chi connectivity index (χ3n) is 6.20. The molecule has 9 nitrogen and oxygen atoms in total. The van der Waals surface area contributed by atoms with Crippen molar-refractivity contribution in [1.29, 1.82) is 0 Å². The van der Waals surface area contributed by atoms with E-state index in [9.17, 15) is 4.79 Å². The summed E-state index contributed by atoms with van der Waals surface area (Å²) in [4.78, 5) is 18.2.